The number of halogens is 2. The zero-order valence-corrected chi connectivity index (χ0v) is 21.2. The summed E-state index contributed by atoms with van der Waals surface area (Å²) in [7, 11) is -1.61. The lowest BCUT2D eigenvalue weighted by atomic mass is 10.1. The molecule has 2 fully saturated rings. The number of fused-ring (bicyclic) bond motifs is 1. The van der Waals surface area contributed by atoms with Gasteiger partial charge in [0.15, 0.2) is 0 Å². The molecule has 2 aliphatic rings. The van der Waals surface area contributed by atoms with Crippen LogP contribution in [0.15, 0.2) is 35.1 Å². The molecule has 0 unspecified atom stereocenters. The van der Waals surface area contributed by atoms with E-state index in [1.54, 1.807) is 16.4 Å². The van der Waals surface area contributed by atoms with Crippen LogP contribution in [-0.4, -0.2) is 65.8 Å². The number of hydrogen-bond acceptors (Lipinski definition) is 6. The van der Waals surface area contributed by atoms with Crippen molar-refractivity contribution < 1.29 is 18.3 Å². The van der Waals surface area contributed by atoms with E-state index in [0.29, 0.717) is 48.2 Å². The summed E-state index contributed by atoms with van der Waals surface area (Å²) < 4.78 is 34.8. The van der Waals surface area contributed by atoms with E-state index in [4.69, 9.17) is 21.3 Å². The molecule has 5 rings (SSSR count). The van der Waals surface area contributed by atoms with Gasteiger partial charge in [0.1, 0.15) is 11.4 Å². The number of ether oxygens (including phenoxy) is 1. The largest absolute Gasteiger partial charge is 0.495 e. The van der Waals surface area contributed by atoms with Crippen molar-refractivity contribution in [1.29, 1.82) is 0 Å². The fourth-order valence-corrected chi connectivity index (χ4v) is 6.90. The van der Waals surface area contributed by atoms with E-state index in [1.165, 1.54) is 7.11 Å². The van der Waals surface area contributed by atoms with Crippen molar-refractivity contribution in [3.05, 3.63) is 45.7 Å². The van der Waals surface area contributed by atoms with Crippen molar-refractivity contribution in [3.63, 3.8) is 0 Å². The van der Waals surface area contributed by atoms with Crippen molar-refractivity contribution in [3.8, 4) is 17.0 Å². The Morgan fingerprint density at radius 3 is 2.55 bits per heavy atom. The molecule has 0 radical (unpaired) electrons. The molecule has 1 aromatic carbocycles. The number of pyridine rings is 1. The molecule has 11 heteroatoms. The van der Waals surface area contributed by atoms with Crippen LogP contribution in [0.3, 0.4) is 0 Å². The number of rotatable bonds is 6. The lowest BCUT2D eigenvalue weighted by Crippen LogP contribution is -2.49. The Kier molecular flexibility index (Phi) is 6.07. The average Bonchev–Trinajstić information content (AvgIpc) is 3.60. The van der Waals surface area contributed by atoms with E-state index in [0.717, 1.165) is 34.2 Å². The predicted octanol–water partition coefficient (Wildman–Crippen LogP) is 3.53. The minimum atomic E-state index is -3.14. The number of piperazine rings is 1. The van der Waals surface area contributed by atoms with Crippen molar-refractivity contribution in [2.24, 2.45) is 0 Å². The Morgan fingerprint density at radius 1 is 1.18 bits per heavy atom. The standard InChI is InChI=1S/C22H24BrClN4O4S/c1-32-21-8-14(13-29)16(9-18(21)24)19-12-27-11-17(23)20(10-22(27)25-19)26-4-6-28(7-5-26)33(30,31)15-2-3-15/h8-12,15,29H,2-7,13H2,1H3. The van der Waals surface area contributed by atoms with Crippen molar-refractivity contribution in [2.75, 3.05) is 38.2 Å². The number of nitrogens with zero attached hydrogens (tertiary/aromatic N) is 4. The van der Waals surface area contributed by atoms with Crippen LogP contribution in [0.4, 0.5) is 5.69 Å². The molecule has 1 saturated carbocycles. The Balaban J connectivity index is 1.43. The van der Waals surface area contributed by atoms with E-state index in [9.17, 15) is 13.5 Å². The molecular formula is C22H24BrClN4O4S. The minimum Gasteiger partial charge on any atom is -0.495 e. The Bertz CT molecular complexity index is 1320. The number of sulfonamides is 1. The van der Waals surface area contributed by atoms with Crippen LogP contribution in [-0.2, 0) is 16.6 Å². The molecule has 1 N–H and O–H groups in total. The van der Waals surface area contributed by atoms with Gasteiger partial charge in [-0.25, -0.2) is 13.4 Å². The molecule has 0 bridgehead atoms. The molecule has 1 aliphatic heterocycles. The summed E-state index contributed by atoms with van der Waals surface area (Å²) in [6, 6.07) is 5.46. The fraction of sp³-hybridized carbons (Fsp3) is 0.409. The number of anilines is 1. The number of imidazole rings is 1. The first kappa shape index (κ1) is 22.9. The van der Waals surface area contributed by atoms with Crippen molar-refractivity contribution >= 4 is 48.9 Å². The molecule has 176 valence electrons. The highest BCUT2D eigenvalue weighted by atomic mass is 79.9. The minimum absolute atomic E-state index is 0.167. The number of benzene rings is 1. The maximum Gasteiger partial charge on any atom is 0.217 e. The van der Waals surface area contributed by atoms with Crippen LogP contribution in [0.1, 0.15) is 18.4 Å². The molecule has 3 aromatic rings. The zero-order chi connectivity index (χ0) is 23.3. The highest BCUT2D eigenvalue weighted by Gasteiger charge is 2.41. The highest BCUT2D eigenvalue weighted by molar-refractivity contribution is 9.10. The summed E-state index contributed by atoms with van der Waals surface area (Å²) in [6.45, 7) is 2.05. The topological polar surface area (TPSA) is 87.4 Å². The maximum absolute atomic E-state index is 12.5. The quantitative estimate of drug-likeness (QED) is 0.501. The number of aliphatic hydroxyl groups excluding tert-OH is 1. The van der Waals surface area contributed by atoms with E-state index in [2.05, 4.69) is 20.8 Å². The molecule has 1 saturated heterocycles. The predicted molar refractivity (Wildman–Crippen MR) is 132 cm³/mol. The highest BCUT2D eigenvalue weighted by Crippen LogP contribution is 2.36. The van der Waals surface area contributed by atoms with Gasteiger partial charge in [-0.2, -0.15) is 4.31 Å². The Hall–Kier alpha value is -1.85. The average molecular weight is 556 g/mol. The van der Waals surface area contributed by atoms with Crippen LogP contribution in [0.5, 0.6) is 5.75 Å². The molecule has 8 nitrogen and oxygen atoms in total. The van der Waals surface area contributed by atoms with Gasteiger partial charge in [-0.05, 0) is 46.5 Å². The van der Waals surface area contributed by atoms with Crippen molar-refractivity contribution in [1.82, 2.24) is 13.7 Å². The zero-order valence-electron chi connectivity index (χ0n) is 18.0. The third-order valence-corrected chi connectivity index (χ3v) is 9.54. The molecule has 3 heterocycles. The second-order valence-corrected chi connectivity index (χ2v) is 11.8. The lowest BCUT2D eigenvalue weighted by Gasteiger charge is -2.35. The van der Waals surface area contributed by atoms with Gasteiger partial charge in [0.25, 0.3) is 0 Å². The van der Waals surface area contributed by atoms with Crippen LogP contribution >= 0.6 is 27.5 Å². The third kappa shape index (κ3) is 4.23. The first-order valence-electron chi connectivity index (χ1n) is 10.7. The molecule has 0 spiro atoms. The van der Waals surface area contributed by atoms with Gasteiger partial charge >= 0.3 is 0 Å². The molecule has 1 aliphatic carbocycles. The molecular weight excluding hydrogens is 532 g/mol. The van der Waals surface area contributed by atoms with Gasteiger partial charge in [-0.3, -0.25) is 0 Å². The summed E-state index contributed by atoms with van der Waals surface area (Å²) in [6.07, 6.45) is 5.40. The van der Waals surface area contributed by atoms with Crippen LogP contribution in [0, 0.1) is 0 Å². The SMILES string of the molecule is COc1cc(CO)c(-c2cn3cc(Br)c(N4CCN(S(=O)(=O)C5CC5)CC4)cc3n2)cc1Cl. The maximum atomic E-state index is 12.5. The van der Waals surface area contributed by atoms with E-state index < -0.39 is 10.0 Å². The molecule has 0 amide bonds. The number of aliphatic hydroxyl groups is 1. The van der Waals surface area contributed by atoms with Crippen LogP contribution in [0.2, 0.25) is 5.02 Å². The van der Waals surface area contributed by atoms with Gasteiger partial charge in [0.2, 0.25) is 10.0 Å². The van der Waals surface area contributed by atoms with Gasteiger partial charge in [-0.1, -0.05) is 11.6 Å². The smallest absolute Gasteiger partial charge is 0.217 e. The molecule has 2 aromatic heterocycles. The van der Waals surface area contributed by atoms with Gasteiger partial charge < -0.3 is 19.1 Å². The first-order chi connectivity index (χ1) is 15.8. The normalized spacial score (nSPS) is 17.6. The number of methoxy groups -OCH3 is 1. The Morgan fingerprint density at radius 2 is 1.91 bits per heavy atom. The third-order valence-electron chi connectivity index (χ3n) is 6.23. The van der Waals surface area contributed by atoms with E-state index in [1.807, 2.05) is 22.9 Å². The van der Waals surface area contributed by atoms with E-state index in [-0.39, 0.29) is 11.9 Å². The fourth-order valence-electron chi connectivity index (χ4n) is 4.25. The number of aromatic nitrogens is 2. The van der Waals surface area contributed by atoms with Gasteiger partial charge in [-0.15, -0.1) is 0 Å². The summed E-state index contributed by atoms with van der Waals surface area (Å²) in [5.74, 6) is 0.501. The summed E-state index contributed by atoms with van der Waals surface area (Å²) in [4.78, 5) is 6.95. The van der Waals surface area contributed by atoms with Gasteiger partial charge in [0, 0.05) is 50.2 Å². The molecule has 0 atom stereocenters. The lowest BCUT2D eigenvalue weighted by molar-refractivity contribution is 0.281. The van der Waals surface area contributed by atoms with Crippen LogP contribution < -0.4 is 9.64 Å². The Labute approximate surface area is 205 Å². The van der Waals surface area contributed by atoms with Crippen LogP contribution in [0.25, 0.3) is 16.9 Å². The van der Waals surface area contributed by atoms with Gasteiger partial charge in [0.05, 0.1) is 39.8 Å². The summed E-state index contributed by atoms with van der Waals surface area (Å²) in [5, 5.41) is 10.1. The number of hydrogen-bond donors (Lipinski definition) is 1. The monoisotopic (exact) mass is 554 g/mol. The second-order valence-electron chi connectivity index (χ2n) is 8.33. The first-order valence-corrected chi connectivity index (χ1v) is 13.4. The summed E-state index contributed by atoms with van der Waals surface area (Å²) in [5.41, 5.74) is 3.81. The van der Waals surface area contributed by atoms with E-state index >= 15 is 0 Å². The second kappa shape index (κ2) is 8.74. The summed E-state index contributed by atoms with van der Waals surface area (Å²) >= 11 is 9.99. The molecule has 33 heavy (non-hydrogen) atoms. The van der Waals surface area contributed by atoms with Crippen molar-refractivity contribution in [2.45, 2.75) is 24.7 Å².